The first-order valence-corrected chi connectivity index (χ1v) is 16.1. The smallest absolute Gasteiger partial charge is 0.327 e. The van der Waals surface area contributed by atoms with E-state index in [0.717, 1.165) is 23.8 Å². The van der Waals surface area contributed by atoms with E-state index >= 15 is 0 Å². The predicted molar refractivity (Wildman–Crippen MR) is 150 cm³/mol. The van der Waals surface area contributed by atoms with Crippen LogP contribution in [0.1, 0.15) is 73.1 Å². The van der Waals surface area contributed by atoms with Gasteiger partial charge in [0.1, 0.15) is 5.69 Å². The lowest BCUT2D eigenvalue weighted by Crippen LogP contribution is -2.29. The van der Waals surface area contributed by atoms with E-state index in [-0.39, 0.29) is 53.1 Å². The van der Waals surface area contributed by atoms with Crippen LogP contribution in [0.3, 0.4) is 0 Å². The number of rotatable bonds is 9. The van der Waals surface area contributed by atoms with Crippen molar-refractivity contribution in [1.29, 1.82) is 0 Å². The molecule has 5 rings (SSSR count). The van der Waals surface area contributed by atoms with E-state index in [9.17, 15) is 26.4 Å². The summed E-state index contributed by atoms with van der Waals surface area (Å²) in [7, 11) is -3.35. The molecule has 1 aliphatic carbocycles. The van der Waals surface area contributed by atoms with E-state index in [4.69, 9.17) is 0 Å². The third-order valence-electron chi connectivity index (χ3n) is 7.59. The molecule has 1 aliphatic heterocycles. The number of carbonyl (C=O) groups is 1. The van der Waals surface area contributed by atoms with Crippen molar-refractivity contribution in [3.63, 3.8) is 0 Å². The minimum atomic E-state index is -4.58. The van der Waals surface area contributed by atoms with Gasteiger partial charge in [0.2, 0.25) is 11.9 Å². The van der Waals surface area contributed by atoms with Gasteiger partial charge < -0.3 is 10.2 Å². The zero-order chi connectivity index (χ0) is 29.5. The molecule has 41 heavy (non-hydrogen) atoms. The molecular formula is C28H32F3N5O3S2. The van der Waals surface area contributed by atoms with E-state index in [1.165, 1.54) is 24.7 Å². The van der Waals surface area contributed by atoms with E-state index in [0.29, 0.717) is 28.7 Å². The lowest BCUT2D eigenvalue weighted by molar-refractivity contribution is -0.141. The maximum absolute atomic E-state index is 13.4. The van der Waals surface area contributed by atoms with Crippen molar-refractivity contribution in [2.24, 2.45) is 11.8 Å². The van der Waals surface area contributed by atoms with Crippen LogP contribution in [-0.2, 0) is 33.8 Å². The summed E-state index contributed by atoms with van der Waals surface area (Å²) in [5.74, 6) is 0.342. The van der Waals surface area contributed by atoms with Crippen molar-refractivity contribution in [3.05, 3.63) is 57.9 Å². The molecule has 0 bridgehead atoms. The molecule has 3 heterocycles. The fourth-order valence-corrected chi connectivity index (χ4v) is 7.69. The van der Waals surface area contributed by atoms with Crippen LogP contribution in [0.5, 0.6) is 0 Å². The van der Waals surface area contributed by atoms with Crippen LogP contribution in [0.4, 0.5) is 24.3 Å². The number of hydrogen-bond acceptors (Lipinski definition) is 8. The van der Waals surface area contributed by atoms with Gasteiger partial charge >= 0.3 is 6.18 Å². The fourth-order valence-electron chi connectivity index (χ4n) is 5.24. The van der Waals surface area contributed by atoms with Gasteiger partial charge in [0.15, 0.2) is 15.0 Å². The molecule has 220 valence electrons. The van der Waals surface area contributed by atoms with E-state index in [2.05, 4.69) is 20.3 Å². The molecule has 1 amide bonds. The van der Waals surface area contributed by atoms with Gasteiger partial charge in [0, 0.05) is 5.69 Å². The Morgan fingerprint density at radius 2 is 1.85 bits per heavy atom. The highest BCUT2D eigenvalue weighted by Gasteiger charge is 2.40. The molecule has 0 unspecified atom stereocenters. The molecule has 3 aromatic rings. The number of fused-ring (bicyclic) bond motifs is 1. The van der Waals surface area contributed by atoms with Crippen molar-refractivity contribution in [3.8, 4) is 0 Å². The molecule has 0 radical (unpaired) electrons. The molecule has 1 aromatic carbocycles. The zero-order valence-corrected chi connectivity index (χ0v) is 24.7. The standard InChI is InChI=1S/C28H32F3N5O3S2/c1-16(2)25-24-21(15-36(25)26-32-17(3)13-22(33-26)28(29,30)31)40-27(35-24)34-23(37)14-19-7-9-20(10-8-19)41(38,39)12-11-18-5-4-6-18/h7-10,13,16,18,25H,4-6,11-12,14-15H2,1-3H3,(H,34,35,37)/t25-/m1/s1. The number of sulfone groups is 1. The fraction of sp³-hybridized carbons (Fsp3) is 0.500. The summed E-state index contributed by atoms with van der Waals surface area (Å²) in [5.41, 5.74) is 0.599. The maximum Gasteiger partial charge on any atom is 0.433 e. The minimum absolute atomic E-state index is 0.000287. The second-order valence-electron chi connectivity index (χ2n) is 11.1. The van der Waals surface area contributed by atoms with E-state index < -0.39 is 21.7 Å². The van der Waals surface area contributed by atoms with Crippen molar-refractivity contribution in [1.82, 2.24) is 15.0 Å². The quantitative estimate of drug-likeness (QED) is 0.312. The summed E-state index contributed by atoms with van der Waals surface area (Å²) in [6, 6.07) is 6.98. The molecule has 13 heteroatoms. The average Bonchev–Trinajstić information content (AvgIpc) is 3.39. The number of amides is 1. The van der Waals surface area contributed by atoms with Crippen LogP contribution in [0.2, 0.25) is 0 Å². The van der Waals surface area contributed by atoms with Crippen molar-refractivity contribution >= 4 is 38.2 Å². The Hall–Kier alpha value is -3.06. The number of aryl methyl sites for hydroxylation is 1. The van der Waals surface area contributed by atoms with Crippen LogP contribution < -0.4 is 10.2 Å². The molecule has 1 fully saturated rings. The summed E-state index contributed by atoms with van der Waals surface area (Å²) in [4.78, 5) is 28.3. The highest BCUT2D eigenvalue weighted by atomic mass is 32.2. The number of alkyl halides is 3. The van der Waals surface area contributed by atoms with Crippen LogP contribution >= 0.6 is 11.3 Å². The third kappa shape index (κ3) is 6.56. The lowest BCUT2D eigenvalue weighted by Gasteiger charge is -2.28. The number of aromatic nitrogens is 3. The lowest BCUT2D eigenvalue weighted by atomic mass is 9.84. The second kappa shape index (κ2) is 11.3. The van der Waals surface area contributed by atoms with Crippen LogP contribution in [-0.4, -0.2) is 35.0 Å². The number of carbonyl (C=O) groups excluding carboxylic acids is 1. The minimum Gasteiger partial charge on any atom is -0.327 e. The normalized spacial score (nSPS) is 17.5. The monoisotopic (exact) mass is 607 g/mol. The number of halogens is 3. The summed E-state index contributed by atoms with van der Waals surface area (Å²) in [5, 5.41) is 3.22. The summed E-state index contributed by atoms with van der Waals surface area (Å²) in [6.07, 6.45) is -0.468. The molecule has 2 aromatic heterocycles. The van der Waals surface area contributed by atoms with Gasteiger partial charge in [0.25, 0.3) is 0 Å². The van der Waals surface area contributed by atoms with Gasteiger partial charge in [-0.1, -0.05) is 56.6 Å². The molecule has 1 atom stereocenters. The number of benzene rings is 1. The highest BCUT2D eigenvalue weighted by Crippen LogP contribution is 2.44. The molecule has 8 nitrogen and oxygen atoms in total. The summed E-state index contributed by atoms with van der Waals surface area (Å²) in [6.45, 7) is 5.68. The van der Waals surface area contributed by atoms with Crippen LogP contribution in [0, 0.1) is 18.8 Å². The summed E-state index contributed by atoms with van der Waals surface area (Å²) < 4.78 is 65.4. The Labute approximate surface area is 241 Å². The largest absolute Gasteiger partial charge is 0.433 e. The van der Waals surface area contributed by atoms with E-state index in [1.54, 1.807) is 29.2 Å². The topological polar surface area (TPSA) is 105 Å². The first kappa shape index (κ1) is 29.4. The third-order valence-corrected chi connectivity index (χ3v) is 10.3. The van der Waals surface area contributed by atoms with Crippen molar-refractivity contribution < 1.29 is 26.4 Å². The number of thiazole rings is 1. The first-order valence-electron chi connectivity index (χ1n) is 13.6. The van der Waals surface area contributed by atoms with Gasteiger partial charge in [-0.15, -0.1) is 0 Å². The number of anilines is 2. The number of nitrogens with one attached hydrogen (secondary N) is 1. The molecule has 1 saturated carbocycles. The SMILES string of the molecule is Cc1cc(C(F)(F)F)nc(N2Cc3sc(NC(=O)Cc4ccc(S(=O)(=O)CCC5CCC5)cc4)nc3[C@H]2C(C)C)n1. The molecule has 1 N–H and O–H groups in total. The van der Waals surface area contributed by atoms with Gasteiger partial charge in [0.05, 0.1) is 40.2 Å². The second-order valence-corrected chi connectivity index (χ2v) is 14.3. The maximum atomic E-state index is 13.4. The molecule has 0 saturated heterocycles. The molecular weight excluding hydrogens is 575 g/mol. The van der Waals surface area contributed by atoms with Crippen molar-refractivity contribution in [2.45, 2.75) is 76.5 Å². The number of hydrogen-bond donors (Lipinski definition) is 1. The van der Waals surface area contributed by atoms with Gasteiger partial charge in [-0.2, -0.15) is 13.2 Å². The Morgan fingerprint density at radius 1 is 1.15 bits per heavy atom. The Kier molecular flexibility index (Phi) is 8.12. The Balaban J connectivity index is 1.24. The van der Waals surface area contributed by atoms with Gasteiger partial charge in [-0.05, 0) is 48.9 Å². The Bertz CT molecular complexity index is 1530. The summed E-state index contributed by atoms with van der Waals surface area (Å²) >= 11 is 1.27. The van der Waals surface area contributed by atoms with Crippen molar-refractivity contribution in [2.75, 3.05) is 16.0 Å². The first-order chi connectivity index (χ1) is 19.3. The Morgan fingerprint density at radius 3 is 2.46 bits per heavy atom. The van der Waals surface area contributed by atoms with Crippen LogP contribution in [0.25, 0.3) is 0 Å². The predicted octanol–water partition coefficient (Wildman–Crippen LogP) is 6.12. The van der Waals surface area contributed by atoms with Crippen LogP contribution in [0.15, 0.2) is 35.2 Å². The van der Waals surface area contributed by atoms with E-state index in [1.807, 2.05) is 13.8 Å². The zero-order valence-electron chi connectivity index (χ0n) is 23.0. The highest BCUT2D eigenvalue weighted by molar-refractivity contribution is 7.91. The van der Waals surface area contributed by atoms with Gasteiger partial charge in [-0.3, -0.25) is 4.79 Å². The van der Waals surface area contributed by atoms with Gasteiger partial charge in [-0.25, -0.2) is 23.4 Å². The average molecular weight is 608 g/mol. The molecule has 2 aliphatic rings. The molecule has 0 spiro atoms. The number of nitrogens with zero attached hydrogens (tertiary/aromatic N) is 4.